The molecule has 0 fully saturated rings. The van der Waals surface area contributed by atoms with Crippen LogP contribution in [0.5, 0.6) is 0 Å². The summed E-state index contributed by atoms with van der Waals surface area (Å²) < 4.78 is 1.62. The Labute approximate surface area is 173 Å². The van der Waals surface area contributed by atoms with E-state index in [1.165, 1.54) is 11.8 Å². The van der Waals surface area contributed by atoms with Crippen LogP contribution < -0.4 is 10.9 Å². The third kappa shape index (κ3) is 5.04. The maximum absolute atomic E-state index is 13.1. The van der Waals surface area contributed by atoms with Gasteiger partial charge in [0.25, 0.3) is 11.5 Å². The second-order valence-electron chi connectivity index (χ2n) is 6.89. The monoisotopic (exact) mass is 406 g/mol. The smallest absolute Gasteiger partial charge is 0.262 e. The summed E-state index contributed by atoms with van der Waals surface area (Å²) in [5.74, 6) is -0.0141. The molecule has 1 N–H and O–H groups in total. The van der Waals surface area contributed by atoms with Crippen LogP contribution in [0.4, 0.5) is 0 Å². The summed E-state index contributed by atoms with van der Waals surface area (Å²) in [6.07, 6.45) is 0.683. The lowest BCUT2D eigenvalue weighted by molar-refractivity contribution is 0.0943. The van der Waals surface area contributed by atoms with Crippen molar-refractivity contribution in [3.8, 4) is 6.07 Å². The lowest BCUT2D eigenvalue weighted by Gasteiger charge is -2.13. The molecule has 0 aliphatic rings. The zero-order chi connectivity index (χ0) is 20.8. The van der Waals surface area contributed by atoms with Crippen molar-refractivity contribution in [3.63, 3.8) is 0 Å². The highest BCUT2D eigenvalue weighted by molar-refractivity contribution is 7.99. The van der Waals surface area contributed by atoms with Gasteiger partial charge in [-0.3, -0.25) is 14.2 Å². The molecule has 0 aliphatic heterocycles. The van der Waals surface area contributed by atoms with E-state index in [0.717, 1.165) is 5.56 Å². The van der Waals surface area contributed by atoms with E-state index in [1.54, 1.807) is 22.8 Å². The number of aryl methyl sites for hydroxylation is 1. The first-order valence-corrected chi connectivity index (χ1v) is 10.4. The summed E-state index contributed by atoms with van der Waals surface area (Å²) in [5, 5.41) is 12.8. The van der Waals surface area contributed by atoms with Gasteiger partial charge in [0, 0.05) is 18.2 Å². The van der Waals surface area contributed by atoms with Gasteiger partial charge in [-0.05, 0) is 44.0 Å². The topological polar surface area (TPSA) is 87.8 Å². The molecule has 1 aromatic heterocycles. The molecule has 3 aromatic rings. The van der Waals surface area contributed by atoms with Crippen molar-refractivity contribution >= 4 is 28.6 Å². The Kier molecular flexibility index (Phi) is 6.68. The minimum Gasteiger partial charge on any atom is -0.350 e. The molecular formula is C22H22N4O2S. The van der Waals surface area contributed by atoms with Crippen LogP contribution in [0, 0.1) is 11.3 Å². The molecule has 6 nitrogen and oxygen atoms in total. The van der Waals surface area contributed by atoms with Gasteiger partial charge in [0.15, 0.2) is 5.16 Å². The Morgan fingerprint density at radius 2 is 2.00 bits per heavy atom. The molecule has 0 spiro atoms. The summed E-state index contributed by atoms with van der Waals surface area (Å²) in [6.45, 7) is 4.24. The number of nitrogens with one attached hydrogen (secondary N) is 1. The predicted molar refractivity (Wildman–Crippen MR) is 115 cm³/mol. The molecule has 0 saturated carbocycles. The maximum atomic E-state index is 13.1. The first-order chi connectivity index (χ1) is 14.0. The highest BCUT2D eigenvalue weighted by Gasteiger charge is 2.14. The Hall–Kier alpha value is -3.11. The standard InChI is InChI=1S/C22H22N4O2S/c1-15(2)24-20(27)17-8-9-18-19(14-17)25-22(29-13-11-23)26(21(18)28)12-10-16-6-4-3-5-7-16/h3-9,14-15H,10,12-13H2,1-2H3,(H,24,27). The number of benzene rings is 2. The van der Waals surface area contributed by atoms with E-state index in [-0.39, 0.29) is 23.3 Å². The molecular weight excluding hydrogens is 384 g/mol. The number of amides is 1. The number of rotatable bonds is 7. The number of fused-ring (bicyclic) bond motifs is 1. The van der Waals surface area contributed by atoms with Gasteiger partial charge >= 0.3 is 0 Å². The molecule has 0 saturated heterocycles. The second-order valence-corrected chi connectivity index (χ2v) is 7.84. The van der Waals surface area contributed by atoms with E-state index in [0.29, 0.717) is 34.6 Å². The van der Waals surface area contributed by atoms with Crippen molar-refractivity contribution in [1.29, 1.82) is 5.26 Å². The molecule has 0 bridgehead atoms. The Bertz CT molecular complexity index is 1120. The van der Waals surface area contributed by atoms with Crippen molar-refractivity contribution < 1.29 is 4.79 Å². The van der Waals surface area contributed by atoms with E-state index in [4.69, 9.17) is 5.26 Å². The largest absolute Gasteiger partial charge is 0.350 e. The molecule has 0 atom stereocenters. The molecule has 0 unspecified atom stereocenters. The van der Waals surface area contributed by atoms with Gasteiger partial charge in [-0.25, -0.2) is 4.98 Å². The van der Waals surface area contributed by atoms with Crippen molar-refractivity contribution in [2.24, 2.45) is 0 Å². The lowest BCUT2D eigenvalue weighted by Crippen LogP contribution is -2.30. The third-order valence-corrected chi connectivity index (χ3v) is 5.18. The number of nitriles is 1. The van der Waals surface area contributed by atoms with Crippen molar-refractivity contribution in [3.05, 3.63) is 70.0 Å². The first kappa shape index (κ1) is 20.6. The number of aromatic nitrogens is 2. The summed E-state index contributed by atoms with van der Waals surface area (Å²) in [4.78, 5) is 30.0. The molecule has 0 radical (unpaired) electrons. The van der Waals surface area contributed by atoms with Gasteiger partial charge in [-0.2, -0.15) is 5.26 Å². The normalized spacial score (nSPS) is 10.8. The van der Waals surface area contributed by atoms with Gasteiger partial charge in [-0.15, -0.1) is 0 Å². The summed E-state index contributed by atoms with van der Waals surface area (Å²) in [6, 6.07) is 16.9. The van der Waals surface area contributed by atoms with Crippen LogP contribution >= 0.6 is 11.8 Å². The first-order valence-electron chi connectivity index (χ1n) is 9.38. The number of thioether (sulfide) groups is 1. The fourth-order valence-corrected chi connectivity index (χ4v) is 3.66. The highest BCUT2D eigenvalue weighted by Crippen LogP contribution is 2.19. The Balaban J connectivity index is 2.01. The molecule has 7 heteroatoms. The van der Waals surface area contributed by atoms with Crippen LogP contribution in [-0.4, -0.2) is 27.3 Å². The summed E-state index contributed by atoms with van der Waals surface area (Å²) in [5.41, 5.74) is 1.87. The Morgan fingerprint density at radius 3 is 2.69 bits per heavy atom. The van der Waals surface area contributed by atoms with Crippen LogP contribution in [-0.2, 0) is 13.0 Å². The summed E-state index contributed by atoms with van der Waals surface area (Å²) >= 11 is 1.23. The molecule has 2 aromatic carbocycles. The molecule has 3 rings (SSSR count). The van der Waals surface area contributed by atoms with Crippen molar-refractivity contribution in [2.45, 2.75) is 38.0 Å². The van der Waals surface area contributed by atoms with Crippen LogP contribution in [0.1, 0.15) is 29.8 Å². The summed E-state index contributed by atoms with van der Waals surface area (Å²) in [7, 11) is 0. The Morgan fingerprint density at radius 1 is 1.24 bits per heavy atom. The molecule has 29 heavy (non-hydrogen) atoms. The zero-order valence-corrected chi connectivity index (χ0v) is 17.2. The van der Waals surface area contributed by atoms with Gasteiger partial charge in [0.2, 0.25) is 0 Å². The lowest BCUT2D eigenvalue weighted by atomic mass is 10.1. The van der Waals surface area contributed by atoms with E-state index >= 15 is 0 Å². The number of nitrogens with zero attached hydrogens (tertiary/aromatic N) is 3. The molecule has 148 valence electrons. The van der Waals surface area contributed by atoms with Gasteiger partial charge in [-0.1, -0.05) is 42.1 Å². The minimum atomic E-state index is -0.205. The van der Waals surface area contributed by atoms with Crippen LogP contribution in [0.25, 0.3) is 10.9 Å². The predicted octanol–water partition coefficient (Wildman–Crippen LogP) is 3.39. The highest BCUT2D eigenvalue weighted by atomic mass is 32.2. The average Bonchev–Trinajstić information content (AvgIpc) is 2.71. The second kappa shape index (κ2) is 9.39. The van der Waals surface area contributed by atoms with Gasteiger partial charge < -0.3 is 5.32 Å². The molecule has 0 aliphatic carbocycles. The molecule has 1 heterocycles. The van der Waals surface area contributed by atoms with Crippen LogP contribution in [0.15, 0.2) is 58.5 Å². The number of hydrogen-bond donors (Lipinski definition) is 1. The van der Waals surface area contributed by atoms with Gasteiger partial charge in [0.05, 0.1) is 22.7 Å². The van der Waals surface area contributed by atoms with Crippen LogP contribution in [0.2, 0.25) is 0 Å². The average molecular weight is 407 g/mol. The van der Waals surface area contributed by atoms with Crippen molar-refractivity contribution in [1.82, 2.24) is 14.9 Å². The quantitative estimate of drug-likeness (QED) is 0.480. The van der Waals surface area contributed by atoms with E-state index in [2.05, 4.69) is 16.4 Å². The minimum absolute atomic E-state index is 0.0129. The van der Waals surface area contributed by atoms with Gasteiger partial charge in [0.1, 0.15) is 0 Å². The van der Waals surface area contributed by atoms with Crippen molar-refractivity contribution in [2.75, 3.05) is 5.75 Å². The number of hydrogen-bond acceptors (Lipinski definition) is 5. The van der Waals surface area contributed by atoms with E-state index in [9.17, 15) is 9.59 Å². The zero-order valence-electron chi connectivity index (χ0n) is 16.4. The number of carbonyl (C=O) groups is 1. The maximum Gasteiger partial charge on any atom is 0.262 e. The third-order valence-electron chi connectivity index (χ3n) is 4.33. The fourth-order valence-electron chi connectivity index (χ4n) is 2.98. The van der Waals surface area contributed by atoms with E-state index in [1.807, 2.05) is 44.2 Å². The van der Waals surface area contributed by atoms with E-state index < -0.39 is 0 Å². The number of carbonyl (C=O) groups excluding carboxylic acids is 1. The SMILES string of the molecule is CC(C)NC(=O)c1ccc2c(=O)n(CCc3ccccc3)c(SCC#N)nc2c1. The fraction of sp³-hybridized carbons (Fsp3) is 0.273. The van der Waals surface area contributed by atoms with Crippen LogP contribution in [0.3, 0.4) is 0 Å². The molecule has 1 amide bonds.